The van der Waals surface area contributed by atoms with E-state index in [0.717, 1.165) is 12.1 Å². The fraction of sp³-hybridized carbons (Fsp3) is 0.250. The fourth-order valence-corrected chi connectivity index (χ4v) is 1.83. The van der Waals surface area contributed by atoms with Crippen molar-refractivity contribution < 1.29 is 22.6 Å². The predicted molar refractivity (Wildman–Crippen MR) is 49.2 cm³/mol. The Bertz CT molecular complexity index is 399. The average Bonchev–Trinajstić information content (AvgIpc) is 1.99. The molecule has 0 aromatic heterocycles. The molecule has 0 radical (unpaired) electrons. The van der Waals surface area contributed by atoms with Gasteiger partial charge in [-0.15, -0.1) is 0 Å². The number of hydrogen-bond acceptors (Lipinski definition) is 1. The summed E-state index contributed by atoms with van der Waals surface area (Å²) in [6, 6.07) is 4.21. The second-order valence-electron chi connectivity index (χ2n) is 3.11. The van der Waals surface area contributed by atoms with Gasteiger partial charge in [-0.2, -0.15) is 13.2 Å². The minimum Gasteiger partial charge on any atom is -0.333 e. The van der Waals surface area contributed by atoms with Crippen molar-refractivity contribution >= 4 is 7.52 Å². The van der Waals surface area contributed by atoms with Gasteiger partial charge in [0.2, 0.25) is 0 Å². The molecule has 0 heterocycles. The second-order valence-corrected chi connectivity index (χ2v) is 4.94. The molecule has 1 rings (SSSR count). The van der Waals surface area contributed by atoms with Crippen LogP contribution in [0.5, 0.6) is 0 Å². The van der Waals surface area contributed by atoms with Crippen molar-refractivity contribution in [3.05, 3.63) is 35.4 Å². The lowest BCUT2D eigenvalue weighted by Crippen LogP contribution is -2.06. The Balaban J connectivity index is 2.99. The number of benzene rings is 1. The number of halogens is 3. The standard InChI is InChI=1S/C8H9F3NO2P/c9-8(10,11)7-3-1-2-6(4-7)5-15(12,13)14/h1-4H,5H2,(H3,12,13,14). The van der Waals surface area contributed by atoms with E-state index in [9.17, 15) is 17.7 Å². The van der Waals surface area contributed by atoms with E-state index in [1.165, 1.54) is 12.1 Å². The lowest BCUT2D eigenvalue weighted by molar-refractivity contribution is -0.137. The third-order valence-corrected chi connectivity index (χ3v) is 2.48. The van der Waals surface area contributed by atoms with Gasteiger partial charge in [-0.3, -0.25) is 10.1 Å². The molecule has 0 fully saturated rings. The van der Waals surface area contributed by atoms with Crippen LogP contribution >= 0.6 is 7.52 Å². The summed E-state index contributed by atoms with van der Waals surface area (Å²) >= 11 is 0. The largest absolute Gasteiger partial charge is 0.416 e. The summed E-state index contributed by atoms with van der Waals surface area (Å²) < 4.78 is 47.5. The molecule has 1 aromatic carbocycles. The Morgan fingerprint density at radius 2 is 2.00 bits per heavy atom. The van der Waals surface area contributed by atoms with Gasteiger partial charge in [-0.1, -0.05) is 18.2 Å². The van der Waals surface area contributed by atoms with E-state index >= 15 is 0 Å². The number of rotatable bonds is 2. The van der Waals surface area contributed by atoms with E-state index in [0.29, 0.717) is 0 Å². The maximum Gasteiger partial charge on any atom is 0.416 e. The first-order valence-electron chi connectivity index (χ1n) is 3.95. The highest BCUT2D eigenvalue weighted by atomic mass is 31.2. The van der Waals surface area contributed by atoms with Gasteiger partial charge in [0.1, 0.15) is 0 Å². The molecule has 0 aliphatic rings. The number of hydrogen-bond donors (Lipinski definition) is 2. The van der Waals surface area contributed by atoms with E-state index < -0.39 is 25.4 Å². The molecule has 0 saturated heterocycles. The zero-order chi connectivity index (χ0) is 11.7. The number of alkyl halides is 3. The first-order chi connectivity index (χ1) is 6.68. The third-order valence-electron chi connectivity index (χ3n) is 1.66. The molecular weight excluding hydrogens is 230 g/mol. The summed E-state index contributed by atoms with van der Waals surface area (Å²) in [5.74, 6) is 0. The van der Waals surface area contributed by atoms with Gasteiger partial charge in [0, 0.05) is 0 Å². The molecule has 15 heavy (non-hydrogen) atoms. The van der Waals surface area contributed by atoms with Crippen LogP contribution in [0.1, 0.15) is 11.1 Å². The Kier molecular flexibility index (Phi) is 3.23. The van der Waals surface area contributed by atoms with Gasteiger partial charge in [-0.05, 0) is 11.6 Å². The van der Waals surface area contributed by atoms with Gasteiger partial charge in [0.25, 0.3) is 7.52 Å². The summed E-state index contributed by atoms with van der Waals surface area (Å²) in [7, 11) is -3.83. The van der Waals surface area contributed by atoms with Crippen LogP contribution in [0, 0.1) is 0 Å². The maximum atomic E-state index is 12.2. The molecule has 0 saturated carbocycles. The maximum absolute atomic E-state index is 12.2. The zero-order valence-corrected chi connectivity index (χ0v) is 8.42. The van der Waals surface area contributed by atoms with Crippen LogP contribution < -0.4 is 5.50 Å². The molecule has 0 amide bonds. The Morgan fingerprint density at radius 1 is 1.40 bits per heavy atom. The monoisotopic (exact) mass is 239 g/mol. The Hall–Kier alpha value is -0.840. The lowest BCUT2D eigenvalue weighted by atomic mass is 10.1. The minimum absolute atomic E-state index is 0.0955. The van der Waals surface area contributed by atoms with Gasteiger partial charge in [0.15, 0.2) is 0 Å². The normalized spacial score (nSPS) is 16.1. The first kappa shape index (κ1) is 12.2. The van der Waals surface area contributed by atoms with Crippen molar-refractivity contribution in [2.24, 2.45) is 5.50 Å². The molecule has 1 unspecified atom stereocenters. The summed E-state index contributed by atoms with van der Waals surface area (Å²) in [6.07, 6.45) is -4.92. The van der Waals surface area contributed by atoms with E-state index in [2.05, 4.69) is 0 Å². The molecule has 0 aliphatic carbocycles. The van der Waals surface area contributed by atoms with Crippen LogP contribution in [-0.2, 0) is 16.9 Å². The molecule has 3 N–H and O–H groups in total. The first-order valence-corrected chi connectivity index (χ1v) is 5.86. The van der Waals surface area contributed by atoms with Gasteiger partial charge >= 0.3 is 6.18 Å². The molecular formula is C8H9F3NO2P. The number of nitrogens with two attached hydrogens (primary N) is 1. The van der Waals surface area contributed by atoms with E-state index in [1.807, 2.05) is 0 Å². The van der Waals surface area contributed by atoms with Crippen molar-refractivity contribution in [3.63, 3.8) is 0 Å². The summed E-state index contributed by atoms with van der Waals surface area (Å²) in [5, 5.41) is 0. The van der Waals surface area contributed by atoms with Gasteiger partial charge in [0.05, 0.1) is 11.7 Å². The van der Waals surface area contributed by atoms with Crippen LogP contribution in [0.25, 0.3) is 0 Å². The Labute approximate surface area is 84.2 Å². The summed E-state index contributed by atoms with van der Waals surface area (Å²) in [5.41, 5.74) is 4.10. The highest BCUT2D eigenvalue weighted by Gasteiger charge is 2.30. The smallest absolute Gasteiger partial charge is 0.333 e. The fourth-order valence-electron chi connectivity index (χ4n) is 1.11. The van der Waals surface area contributed by atoms with Gasteiger partial charge < -0.3 is 4.89 Å². The molecule has 7 heteroatoms. The van der Waals surface area contributed by atoms with Crippen LogP contribution in [0.2, 0.25) is 0 Å². The summed E-state index contributed by atoms with van der Waals surface area (Å²) in [4.78, 5) is 8.82. The highest BCUT2D eigenvalue weighted by molar-refractivity contribution is 7.54. The van der Waals surface area contributed by atoms with Crippen molar-refractivity contribution in [1.82, 2.24) is 0 Å². The molecule has 3 nitrogen and oxygen atoms in total. The molecule has 0 aliphatic heterocycles. The molecule has 0 bridgehead atoms. The molecule has 1 atom stereocenters. The topological polar surface area (TPSA) is 63.3 Å². The molecule has 0 spiro atoms. The third kappa shape index (κ3) is 4.03. The van der Waals surface area contributed by atoms with E-state index in [1.54, 1.807) is 0 Å². The predicted octanol–water partition coefficient (Wildman–Crippen LogP) is 2.35. The van der Waals surface area contributed by atoms with Crippen molar-refractivity contribution in [1.29, 1.82) is 0 Å². The second kappa shape index (κ2) is 3.96. The lowest BCUT2D eigenvalue weighted by Gasteiger charge is -2.09. The highest BCUT2D eigenvalue weighted by Crippen LogP contribution is 2.36. The van der Waals surface area contributed by atoms with E-state index in [4.69, 9.17) is 10.4 Å². The zero-order valence-electron chi connectivity index (χ0n) is 7.53. The van der Waals surface area contributed by atoms with Crippen molar-refractivity contribution in [2.75, 3.05) is 0 Å². The van der Waals surface area contributed by atoms with Gasteiger partial charge in [-0.25, -0.2) is 0 Å². The quantitative estimate of drug-likeness (QED) is 0.778. The summed E-state index contributed by atoms with van der Waals surface area (Å²) in [6.45, 7) is 0. The Morgan fingerprint density at radius 3 is 2.47 bits per heavy atom. The van der Waals surface area contributed by atoms with Crippen LogP contribution in [0.15, 0.2) is 24.3 Å². The SMILES string of the molecule is NP(=O)(O)Cc1cccc(C(F)(F)F)c1. The molecule has 1 aromatic rings. The minimum atomic E-state index is -4.45. The molecule has 84 valence electrons. The van der Waals surface area contributed by atoms with E-state index in [-0.39, 0.29) is 5.56 Å². The van der Waals surface area contributed by atoms with Crippen molar-refractivity contribution in [2.45, 2.75) is 12.3 Å². The van der Waals surface area contributed by atoms with Crippen molar-refractivity contribution in [3.8, 4) is 0 Å². The van der Waals surface area contributed by atoms with Crippen LogP contribution in [0.3, 0.4) is 0 Å². The van der Waals surface area contributed by atoms with Crippen LogP contribution in [0.4, 0.5) is 13.2 Å². The van der Waals surface area contributed by atoms with Crippen LogP contribution in [-0.4, -0.2) is 4.89 Å². The average molecular weight is 239 g/mol.